The van der Waals surface area contributed by atoms with Gasteiger partial charge in [0.1, 0.15) is 6.54 Å². The summed E-state index contributed by atoms with van der Waals surface area (Å²) in [6.45, 7) is 1.75. The maximum absolute atomic E-state index is 11.3. The van der Waals surface area contributed by atoms with Gasteiger partial charge in [-0.15, -0.1) is 0 Å². The number of hydrogen-bond acceptors (Lipinski definition) is 3. The van der Waals surface area contributed by atoms with Crippen molar-refractivity contribution in [2.75, 3.05) is 13.6 Å². The van der Waals surface area contributed by atoms with E-state index in [0.29, 0.717) is 6.42 Å². The Morgan fingerprint density at radius 1 is 1.69 bits per heavy atom. The maximum atomic E-state index is 11.3. The predicted molar refractivity (Wildman–Crippen MR) is 45.8 cm³/mol. The lowest BCUT2D eigenvalue weighted by Gasteiger charge is -2.26. The normalized spacial score (nSPS) is 24.0. The molecule has 0 aromatic carbocycles. The number of carboxylic acids is 1. The minimum absolute atomic E-state index is 0.100. The zero-order valence-electron chi connectivity index (χ0n) is 7.86. The zero-order valence-corrected chi connectivity index (χ0v) is 7.86. The Kier molecular flexibility index (Phi) is 2.87. The first kappa shape index (κ1) is 9.98. The fourth-order valence-corrected chi connectivity index (χ4v) is 1.55. The lowest BCUT2D eigenvalue weighted by Crippen LogP contribution is -2.42. The SMILES string of the molecule is CCC1CC(=O)N(CC(=O)O)N1C. The van der Waals surface area contributed by atoms with E-state index in [-0.39, 0.29) is 18.5 Å². The van der Waals surface area contributed by atoms with Crippen molar-refractivity contribution in [3.63, 3.8) is 0 Å². The van der Waals surface area contributed by atoms with E-state index in [1.807, 2.05) is 6.92 Å². The molecule has 5 heteroatoms. The van der Waals surface area contributed by atoms with Crippen LogP contribution in [0.15, 0.2) is 0 Å². The Hall–Kier alpha value is -1.10. The molecule has 0 radical (unpaired) electrons. The van der Waals surface area contributed by atoms with Crippen molar-refractivity contribution in [2.45, 2.75) is 25.8 Å². The molecule has 0 saturated carbocycles. The second-order valence-corrected chi connectivity index (χ2v) is 3.18. The van der Waals surface area contributed by atoms with E-state index in [1.165, 1.54) is 5.01 Å². The van der Waals surface area contributed by atoms with Crippen LogP contribution in [0.5, 0.6) is 0 Å². The molecule has 5 nitrogen and oxygen atoms in total. The summed E-state index contributed by atoms with van der Waals surface area (Å²) in [5.41, 5.74) is 0. The Morgan fingerprint density at radius 2 is 2.31 bits per heavy atom. The van der Waals surface area contributed by atoms with Crippen molar-refractivity contribution in [3.8, 4) is 0 Å². The number of carboxylic acid groups (broad SMARTS) is 1. The highest BCUT2D eigenvalue weighted by atomic mass is 16.4. The molecule has 1 saturated heterocycles. The summed E-state index contributed by atoms with van der Waals surface area (Å²) >= 11 is 0. The molecule has 1 unspecified atom stereocenters. The monoisotopic (exact) mass is 186 g/mol. The van der Waals surface area contributed by atoms with Crippen LogP contribution in [0.1, 0.15) is 19.8 Å². The van der Waals surface area contributed by atoms with Gasteiger partial charge in [-0.3, -0.25) is 14.6 Å². The fourth-order valence-electron chi connectivity index (χ4n) is 1.55. The van der Waals surface area contributed by atoms with Gasteiger partial charge >= 0.3 is 5.97 Å². The number of amides is 1. The smallest absolute Gasteiger partial charge is 0.324 e. The molecular formula is C8H14N2O3. The van der Waals surface area contributed by atoms with Gasteiger partial charge in [-0.05, 0) is 6.42 Å². The maximum Gasteiger partial charge on any atom is 0.324 e. The molecule has 74 valence electrons. The average Bonchev–Trinajstić information content (AvgIpc) is 2.31. The van der Waals surface area contributed by atoms with Gasteiger partial charge in [0.05, 0.1) is 0 Å². The quantitative estimate of drug-likeness (QED) is 0.670. The number of carbonyl (C=O) groups excluding carboxylic acids is 1. The van der Waals surface area contributed by atoms with Crippen molar-refractivity contribution in [3.05, 3.63) is 0 Å². The number of carbonyl (C=O) groups is 2. The molecule has 1 rings (SSSR count). The third-order valence-corrected chi connectivity index (χ3v) is 2.36. The minimum Gasteiger partial charge on any atom is -0.480 e. The molecule has 1 N–H and O–H groups in total. The van der Waals surface area contributed by atoms with Gasteiger partial charge in [-0.1, -0.05) is 6.92 Å². The summed E-state index contributed by atoms with van der Waals surface area (Å²) in [5, 5.41) is 11.6. The molecule has 0 aliphatic carbocycles. The molecule has 1 heterocycles. The molecule has 0 aromatic rings. The van der Waals surface area contributed by atoms with Crippen LogP contribution in [0.3, 0.4) is 0 Å². The average molecular weight is 186 g/mol. The first-order valence-electron chi connectivity index (χ1n) is 4.31. The molecule has 13 heavy (non-hydrogen) atoms. The first-order chi connectivity index (χ1) is 6.06. The van der Waals surface area contributed by atoms with E-state index >= 15 is 0 Å². The lowest BCUT2D eigenvalue weighted by atomic mass is 10.2. The van der Waals surface area contributed by atoms with Crippen molar-refractivity contribution in [1.82, 2.24) is 10.0 Å². The molecule has 1 aliphatic heterocycles. The van der Waals surface area contributed by atoms with Crippen LogP contribution in [0.2, 0.25) is 0 Å². The summed E-state index contributed by atoms with van der Waals surface area (Å²) in [6.07, 6.45) is 1.29. The van der Waals surface area contributed by atoms with Gasteiger partial charge < -0.3 is 5.11 Å². The highest BCUT2D eigenvalue weighted by Crippen LogP contribution is 2.19. The van der Waals surface area contributed by atoms with E-state index < -0.39 is 5.97 Å². The van der Waals surface area contributed by atoms with E-state index in [1.54, 1.807) is 12.1 Å². The molecule has 0 aromatic heterocycles. The van der Waals surface area contributed by atoms with E-state index in [9.17, 15) is 9.59 Å². The van der Waals surface area contributed by atoms with Crippen LogP contribution in [-0.4, -0.2) is 46.6 Å². The highest BCUT2D eigenvalue weighted by Gasteiger charge is 2.34. The summed E-state index contributed by atoms with van der Waals surface area (Å²) in [5.74, 6) is -1.08. The largest absolute Gasteiger partial charge is 0.480 e. The standard InChI is InChI=1S/C8H14N2O3/c1-3-6-4-7(11)10(9(6)2)5-8(12)13/h6H,3-5H2,1-2H3,(H,12,13). The third kappa shape index (κ3) is 1.98. The third-order valence-electron chi connectivity index (χ3n) is 2.36. The topological polar surface area (TPSA) is 60.9 Å². The van der Waals surface area contributed by atoms with Crippen LogP contribution in [-0.2, 0) is 9.59 Å². The van der Waals surface area contributed by atoms with Gasteiger partial charge in [-0.25, -0.2) is 5.01 Å². The Balaban J connectivity index is 2.64. The second-order valence-electron chi connectivity index (χ2n) is 3.18. The van der Waals surface area contributed by atoms with Crippen LogP contribution >= 0.6 is 0 Å². The number of hydrazine groups is 1. The van der Waals surface area contributed by atoms with Crippen LogP contribution in [0, 0.1) is 0 Å². The highest BCUT2D eigenvalue weighted by molar-refractivity contribution is 5.82. The minimum atomic E-state index is -0.975. The van der Waals surface area contributed by atoms with Gasteiger partial charge in [-0.2, -0.15) is 0 Å². The number of nitrogens with zero attached hydrogens (tertiary/aromatic N) is 2. The number of hydrogen-bond donors (Lipinski definition) is 1. The van der Waals surface area contributed by atoms with Crippen LogP contribution in [0.4, 0.5) is 0 Å². The van der Waals surface area contributed by atoms with Gasteiger partial charge in [0.15, 0.2) is 0 Å². The Morgan fingerprint density at radius 3 is 2.69 bits per heavy atom. The van der Waals surface area contributed by atoms with E-state index in [2.05, 4.69) is 0 Å². The fraction of sp³-hybridized carbons (Fsp3) is 0.750. The van der Waals surface area contributed by atoms with Crippen molar-refractivity contribution < 1.29 is 14.7 Å². The van der Waals surface area contributed by atoms with Crippen molar-refractivity contribution in [1.29, 1.82) is 0 Å². The molecule has 1 amide bonds. The Labute approximate surface area is 76.9 Å². The molecule has 1 atom stereocenters. The molecule has 0 spiro atoms. The number of rotatable bonds is 3. The summed E-state index contributed by atoms with van der Waals surface area (Å²) in [4.78, 5) is 21.7. The summed E-state index contributed by atoms with van der Waals surface area (Å²) < 4.78 is 0. The summed E-state index contributed by atoms with van der Waals surface area (Å²) in [7, 11) is 1.75. The van der Waals surface area contributed by atoms with Gasteiger partial charge in [0.25, 0.3) is 0 Å². The second kappa shape index (κ2) is 3.74. The summed E-state index contributed by atoms with van der Waals surface area (Å²) in [6, 6.07) is 0.159. The molecule has 1 aliphatic rings. The van der Waals surface area contributed by atoms with E-state index in [0.717, 1.165) is 6.42 Å². The lowest BCUT2D eigenvalue weighted by molar-refractivity contribution is -0.151. The number of aliphatic carboxylic acids is 1. The molecular weight excluding hydrogens is 172 g/mol. The first-order valence-corrected chi connectivity index (χ1v) is 4.31. The van der Waals surface area contributed by atoms with Crippen molar-refractivity contribution >= 4 is 11.9 Å². The van der Waals surface area contributed by atoms with Crippen LogP contribution < -0.4 is 0 Å². The Bertz CT molecular complexity index is 229. The molecule has 1 fully saturated rings. The van der Waals surface area contributed by atoms with Crippen molar-refractivity contribution in [2.24, 2.45) is 0 Å². The van der Waals surface area contributed by atoms with Gasteiger partial charge in [0.2, 0.25) is 5.91 Å². The van der Waals surface area contributed by atoms with E-state index in [4.69, 9.17) is 5.11 Å². The zero-order chi connectivity index (χ0) is 10.0. The molecule has 0 bridgehead atoms. The van der Waals surface area contributed by atoms with Crippen LogP contribution in [0.25, 0.3) is 0 Å². The predicted octanol–water partition coefficient (Wildman–Crippen LogP) is -0.0713. The van der Waals surface area contributed by atoms with Gasteiger partial charge in [0, 0.05) is 19.5 Å².